The Balaban J connectivity index is 1.76. The number of hydrogen-bond donors (Lipinski definition) is 2. The first kappa shape index (κ1) is 15.4. The number of halogens is 2. The zero-order valence-corrected chi connectivity index (χ0v) is 13.1. The average molecular weight is 333 g/mol. The maximum atomic E-state index is 13.4. The van der Waals surface area contributed by atoms with Crippen LogP contribution in [-0.2, 0) is 11.2 Å². The molecular formula is C17H14ClFN2O2. The second kappa shape index (κ2) is 6.30. The molecule has 2 aromatic carbocycles. The first-order chi connectivity index (χ1) is 11.1. The highest BCUT2D eigenvalue weighted by Crippen LogP contribution is 2.27. The molecule has 3 aromatic rings. The van der Waals surface area contributed by atoms with Crippen LogP contribution < -0.4 is 10.1 Å². The third kappa shape index (κ3) is 3.29. The maximum Gasteiger partial charge on any atom is 0.228 e. The third-order valence-electron chi connectivity index (χ3n) is 3.52. The van der Waals surface area contributed by atoms with Crippen molar-refractivity contribution in [1.29, 1.82) is 0 Å². The number of amides is 1. The number of aromatic amines is 1. The van der Waals surface area contributed by atoms with Crippen molar-refractivity contribution in [3.8, 4) is 5.75 Å². The van der Waals surface area contributed by atoms with E-state index in [1.165, 1.54) is 19.2 Å². The van der Waals surface area contributed by atoms with Crippen LogP contribution in [-0.4, -0.2) is 18.0 Å². The van der Waals surface area contributed by atoms with E-state index in [9.17, 15) is 9.18 Å². The van der Waals surface area contributed by atoms with Gasteiger partial charge in [0, 0.05) is 22.8 Å². The molecule has 118 valence electrons. The largest absolute Gasteiger partial charge is 0.495 e. The Morgan fingerprint density at radius 1 is 1.30 bits per heavy atom. The number of hydrogen-bond acceptors (Lipinski definition) is 2. The zero-order chi connectivity index (χ0) is 16.4. The molecule has 3 rings (SSSR count). The summed E-state index contributed by atoms with van der Waals surface area (Å²) < 4.78 is 18.4. The van der Waals surface area contributed by atoms with Crippen molar-refractivity contribution >= 4 is 34.1 Å². The van der Waals surface area contributed by atoms with Crippen molar-refractivity contribution in [2.24, 2.45) is 0 Å². The van der Waals surface area contributed by atoms with Gasteiger partial charge in [0.25, 0.3) is 0 Å². The molecule has 0 spiro atoms. The van der Waals surface area contributed by atoms with E-state index in [2.05, 4.69) is 10.3 Å². The van der Waals surface area contributed by atoms with Gasteiger partial charge < -0.3 is 15.0 Å². The Morgan fingerprint density at radius 2 is 2.13 bits per heavy atom. The molecule has 0 aliphatic rings. The number of aromatic nitrogens is 1. The molecule has 6 heteroatoms. The number of carbonyl (C=O) groups excluding carboxylic acids is 1. The predicted molar refractivity (Wildman–Crippen MR) is 88.6 cm³/mol. The average Bonchev–Trinajstić information content (AvgIpc) is 2.89. The summed E-state index contributed by atoms with van der Waals surface area (Å²) in [7, 11) is 1.52. The quantitative estimate of drug-likeness (QED) is 0.754. The van der Waals surface area contributed by atoms with Crippen molar-refractivity contribution < 1.29 is 13.9 Å². The van der Waals surface area contributed by atoms with Crippen LogP contribution in [0.1, 0.15) is 5.56 Å². The van der Waals surface area contributed by atoms with Gasteiger partial charge in [-0.3, -0.25) is 4.79 Å². The van der Waals surface area contributed by atoms with E-state index in [0.29, 0.717) is 21.8 Å². The van der Waals surface area contributed by atoms with Crippen molar-refractivity contribution in [2.45, 2.75) is 6.42 Å². The highest BCUT2D eigenvalue weighted by Gasteiger charge is 2.11. The number of ether oxygens (including phenoxy) is 1. The molecule has 0 radical (unpaired) electrons. The van der Waals surface area contributed by atoms with E-state index in [1.54, 1.807) is 30.5 Å². The molecule has 0 fully saturated rings. The van der Waals surface area contributed by atoms with Crippen LogP contribution in [0.5, 0.6) is 5.75 Å². The van der Waals surface area contributed by atoms with Crippen LogP contribution in [0, 0.1) is 5.82 Å². The van der Waals surface area contributed by atoms with Crippen LogP contribution in [0.4, 0.5) is 10.1 Å². The summed E-state index contributed by atoms with van der Waals surface area (Å²) in [4.78, 5) is 15.2. The molecule has 0 atom stereocenters. The lowest BCUT2D eigenvalue weighted by Gasteiger charge is -2.08. The molecule has 0 aliphatic carbocycles. The van der Waals surface area contributed by atoms with E-state index < -0.39 is 0 Å². The van der Waals surface area contributed by atoms with Gasteiger partial charge in [-0.05, 0) is 42.0 Å². The van der Waals surface area contributed by atoms with Crippen LogP contribution >= 0.6 is 11.6 Å². The molecule has 0 saturated carbocycles. The fourth-order valence-electron chi connectivity index (χ4n) is 2.42. The molecule has 1 aromatic heterocycles. The second-order valence-corrected chi connectivity index (χ2v) is 5.49. The van der Waals surface area contributed by atoms with E-state index in [4.69, 9.17) is 16.3 Å². The second-order valence-electron chi connectivity index (χ2n) is 5.08. The summed E-state index contributed by atoms with van der Waals surface area (Å²) >= 11 is 6.03. The van der Waals surface area contributed by atoms with Crippen LogP contribution in [0.3, 0.4) is 0 Å². The highest BCUT2D eigenvalue weighted by atomic mass is 35.5. The first-order valence-corrected chi connectivity index (χ1v) is 7.33. The van der Waals surface area contributed by atoms with Crippen LogP contribution in [0.15, 0.2) is 42.6 Å². The van der Waals surface area contributed by atoms with E-state index >= 15 is 0 Å². The number of benzene rings is 2. The Labute approximate surface area is 137 Å². The Hall–Kier alpha value is -2.53. The van der Waals surface area contributed by atoms with Gasteiger partial charge in [-0.2, -0.15) is 0 Å². The summed E-state index contributed by atoms with van der Waals surface area (Å²) in [6, 6.07) is 9.44. The number of methoxy groups -OCH3 is 1. The van der Waals surface area contributed by atoms with Gasteiger partial charge in [0.1, 0.15) is 11.6 Å². The number of fused-ring (bicyclic) bond motifs is 1. The standard InChI is InChI=1S/C17H14ClFN2O2/c1-23-16-5-3-12(8-14(16)18)21-17(22)6-10-9-20-15-4-2-11(19)7-13(10)15/h2-5,7-9,20H,6H2,1H3,(H,21,22). The minimum atomic E-state index is -0.333. The Kier molecular flexibility index (Phi) is 4.21. The lowest BCUT2D eigenvalue weighted by molar-refractivity contribution is -0.115. The van der Waals surface area contributed by atoms with Gasteiger partial charge in [0.05, 0.1) is 18.6 Å². The van der Waals surface area contributed by atoms with Crippen molar-refractivity contribution in [3.05, 3.63) is 59.0 Å². The number of anilines is 1. The molecule has 0 saturated heterocycles. The summed E-state index contributed by atoms with van der Waals surface area (Å²) in [6.45, 7) is 0. The lowest BCUT2D eigenvalue weighted by atomic mass is 10.1. The highest BCUT2D eigenvalue weighted by molar-refractivity contribution is 6.32. The maximum absolute atomic E-state index is 13.4. The van der Waals surface area contributed by atoms with Crippen molar-refractivity contribution in [3.63, 3.8) is 0 Å². The summed E-state index contributed by atoms with van der Waals surface area (Å²) in [6.07, 6.45) is 1.85. The molecule has 1 heterocycles. The minimum Gasteiger partial charge on any atom is -0.495 e. The summed E-state index contributed by atoms with van der Waals surface area (Å²) in [5.41, 5.74) is 2.10. The number of carbonyl (C=O) groups is 1. The van der Waals surface area contributed by atoms with Gasteiger partial charge >= 0.3 is 0 Å². The fraction of sp³-hybridized carbons (Fsp3) is 0.118. The Morgan fingerprint density at radius 3 is 2.87 bits per heavy atom. The van der Waals surface area contributed by atoms with Crippen LogP contribution in [0.2, 0.25) is 5.02 Å². The zero-order valence-electron chi connectivity index (χ0n) is 12.3. The molecule has 23 heavy (non-hydrogen) atoms. The fourth-order valence-corrected chi connectivity index (χ4v) is 2.68. The van der Waals surface area contributed by atoms with Crippen molar-refractivity contribution in [1.82, 2.24) is 4.98 Å². The first-order valence-electron chi connectivity index (χ1n) is 6.95. The van der Waals surface area contributed by atoms with Gasteiger partial charge in [-0.1, -0.05) is 11.6 Å². The summed E-state index contributed by atoms with van der Waals surface area (Å²) in [5.74, 6) is -0.00569. The monoisotopic (exact) mass is 332 g/mol. The van der Waals surface area contributed by atoms with Gasteiger partial charge in [-0.25, -0.2) is 4.39 Å². The molecule has 4 nitrogen and oxygen atoms in total. The van der Waals surface area contributed by atoms with Gasteiger partial charge in [0.2, 0.25) is 5.91 Å². The van der Waals surface area contributed by atoms with E-state index in [0.717, 1.165) is 11.1 Å². The summed E-state index contributed by atoms with van der Waals surface area (Å²) in [5, 5.41) is 3.88. The molecular weight excluding hydrogens is 319 g/mol. The molecule has 0 aliphatic heterocycles. The smallest absolute Gasteiger partial charge is 0.228 e. The molecule has 1 amide bonds. The number of nitrogens with one attached hydrogen (secondary N) is 2. The van der Waals surface area contributed by atoms with E-state index in [1.807, 2.05) is 0 Å². The number of rotatable bonds is 4. The van der Waals surface area contributed by atoms with Gasteiger partial charge in [0.15, 0.2) is 0 Å². The lowest BCUT2D eigenvalue weighted by Crippen LogP contribution is -2.14. The van der Waals surface area contributed by atoms with E-state index in [-0.39, 0.29) is 18.1 Å². The minimum absolute atomic E-state index is 0.132. The van der Waals surface area contributed by atoms with Crippen molar-refractivity contribution in [2.75, 3.05) is 12.4 Å². The Bertz CT molecular complexity index is 876. The SMILES string of the molecule is COc1ccc(NC(=O)Cc2c[nH]c3ccc(F)cc23)cc1Cl. The molecule has 0 unspecified atom stereocenters. The van der Waals surface area contributed by atoms with Crippen LogP contribution in [0.25, 0.3) is 10.9 Å². The number of H-pyrrole nitrogens is 1. The van der Waals surface area contributed by atoms with Gasteiger partial charge in [-0.15, -0.1) is 0 Å². The third-order valence-corrected chi connectivity index (χ3v) is 3.81. The normalized spacial score (nSPS) is 10.7. The molecule has 0 bridgehead atoms. The predicted octanol–water partition coefficient (Wildman–Crippen LogP) is 4.15. The topological polar surface area (TPSA) is 54.1 Å². The molecule has 2 N–H and O–H groups in total.